The number of halogens is 1. The summed E-state index contributed by atoms with van der Waals surface area (Å²) in [5, 5.41) is 13.8. The standard InChI is InChI=1S/C17H16FN3O4/c18-13-3-1-2-12(10-13)17(22)19-15-5-4-14(21(23)24)11-16(15)20-6-8-25-9-7-20/h1-5,10-11H,6-9H2,(H,19,22). The van der Waals surface area contributed by atoms with Gasteiger partial charge < -0.3 is 15.0 Å². The molecule has 25 heavy (non-hydrogen) atoms. The van der Waals surface area contributed by atoms with Gasteiger partial charge in [-0.25, -0.2) is 4.39 Å². The number of amides is 1. The Kier molecular flexibility index (Phi) is 4.90. The predicted octanol–water partition coefficient (Wildman–Crippen LogP) is 2.82. The Labute approximate surface area is 143 Å². The Hall–Kier alpha value is -3.00. The first-order valence-electron chi connectivity index (χ1n) is 7.72. The van der Waals surface area contributed by atoms with Crippen LogP contribution in [0, 0.1) is 15.9 Å². The summed E-state index contributed by atoms with van der Waals surface area (Å²) >= 11 is 0. The lowest BCUT2D eigenvalue weighted by atomic mass is 10.1. The number of benzene rings is 2. The third-order valence-electron chi connectivity index (χ3n) is 3.88. The van der Waals surface area contributed by atoms with Crippen molar-refractivity contribution in [2.75, 3.05) is 36.5 Å². The lowest BCUT2D eigenvalue weighted by Gasteiger charge is -2.30. The number of carbonyl (C=O) groups excluding carboxylic acids is 1. The van der Waals surface area contributed by atoms with Crippen LogP contribution in [-0.2, 0) is 4.74 Å². The SMILES string of the molecule is O=C(Nc1ccc([N+](=O)[O-])cc1N1CCOCC1)c1cccc(F)c1. The topological polar surface area (TPSA) is 84.7 Å². The highest BCUT2D eigenvalue weighted by atomic mass is 19.1. The molecule has 0 bridgehead atoms. The van der Waals surface area contributed by atoms with Crippen molar-refractivity contribution < 1.29 is 18.8 Å². The minimum absolute atomic E-state index is 0.0646. The van der Waals surface area contributed by atoms with Crippen molar-refractivity contribution in [3.8, 4) is 0 Å². The number of non-ortho nitro benzene ring substituents is 1. The lowest BCUT2D eigenvalue weighted by molar-refractivity contribution is -0.384. The molecule has 0 unspecified atom stereocenters. The fourth-order valence-electron chi connectivity index (χ4n) is 2.63. The smallest absolute Gasteiger partial charge is 0.271 e. The highest BCUT2D eigenvalue weighted by Gasteiger charge is 2.20. The molecule has 1 aliphatic rings. The number of ether oxygens (including phenoxy) is 1. The molecule has 1 N–H and O–H groups in total. The number of nitrogens with zero attached hydrogens (tertiary/aromatic N) is 2. The van der Waals surface area contributed by atoms with Crippen molar-refractivity contribution in [2.45, 2.75) is 0 Å². The minimum atomic E-state index is -0.509. The largest absolute Gasteiger partial charge is 0.378 e. The molecule has 0 radical (unpaired) electrons. The Morgan fingerprint density at radius 2 is 1.96 bits per heavy atom. The Morgan fingerprint density at radius 1 is 1.20 bits per heavy atom. The molecule has 8 heteroatoms. The van der Waals surface area contributed by atoms with E-state index >= 15 is 0 Å². The van der Waals surface area contributed by atoms with E-state index in [0.29, 0.717) is 37.7 Å². The van der Waals surface area contributed by atoms with E-state index in [1.54, 1.807) is 0 Å². The van der Waals surface area contributed by atoms with Gasteiger partial charge >= 0.3 is 0 Å². The number of rotatable bonds is 4. The van der Waals surface area contributed by atoms with Gasteiger partial charge in [-0.05, 0) is 24.3 Å². The van der Waals surface area contributed by atoms with Gasteiger partial charge in [0.25, 0.3) is 11.6 Å². The number of carbonyl (C=O) groups is 1. The zero-order valence-electron chi connectivity index (χ0n) is 13.3. The van der Waals surface area contributed by atoms with Crippen molar-refractivity contribution in [2.24, 2.45) is 0 Å². The second kappa shape index (κ2) is 7.27. The number of nitrogens with one attached hydrogen (secondary N) is 1. The Balaban J connectivity index is 1.91. The lowest BCUT2D eigenvalue weighted by Crippen LogP contribution is -2.36. The molecule has 0 aliphatic carbocycles. The Morgan fingerprint density at radius 3 is 2.64 bits per heavy atom. The summed E-state index contributed by atoms with van der Waals surface area (Å²) < 4.78 is 18.6. The molecule has 1 fully saturated rings. The monoisotopic (exact) mass is 345 g/mol. The van der Waals surface area contributed by atoms with E-state index in [1.807, 2.05) is 4.90 Å². The molecule has 1 heterocycles. The van der Waals surface area contributed by atoms with E-state index in [0.717, 1.165) is 6.07 Å². The summed E-state index contributed by atoms with van der Waals surface area (Å²) in [6.45, 7) is 2.12. The maximum absolute atomic E-state index is 13.3. The molecule has 2 aromatic carbocycles. The maximum atomic E-state index is 13.3. The number of anilines is 2. The van der Waals surface area contributed by atoms with Gasteiger partial charge in [-0.1, -0.05) is 6.07 Å². The van der Waals surface area contributed by atoms with Crippen LogP contribution < -0.4 is 10.2 Å². The number of morpholine rings is 1. The molecule has 1 aliphatic heterocycles. The van der Waals surface area contributed by atoms with Crippen LogP contribution in [0.1, 0.15) is 10.4 Å². The summed E-state index contributed by atoms with van der Waals surface area (Å²) in [4.78, 5) is 24.9. The fourth-order valence-corrected chi connectivity index (χ4v) is 2.63. The number of nitro benzene ring substituents is 1. The van der Waals surface area contributed by atoms with Gasteiger partial charge in [0.2, 0.25) is 0 Å². The quantitative estimate of drug-likeness (QED) is 0.680. The van der Waals surface area contributed by atoms with Gasteiger partial charge in [0.1, 0.15) is 5.82 Å². The molecule has 130 valence electrons. The van der Waals surface area contributed by atoms with Gasteiger partial charge in [-0.15, -0.1) is 0 Å². The molecule has 2 aromatic rings. The zero-order chi connectivity index (χ0) is 17.8. The number of nitro groups is 1. The van der Waals surface area contributed by atoms with E-state index in [2.05, 4.69) is 5.32 Å². The van der Waals surface area contributed by atoms with Crippen LogP contribution in [0.15, 0.2) is 42.5 Å². The maximum Gasteiger partial charge on any atom is 0.271 e. The van der Waals surface area contributed by atoms with Crippen LogP contribution in [0.2, 0.25) is 0 Å². The van der Waals surface area contributed by atoms with Crippen molar-refractivity contribution in [1.82, 2.24) is 0 Å². The molecule has 3 rings (SSSR count). The fraction of sp³-hybridized carbons (Fsp3) is 0.235. The van der Waals surface area contributed by atoms with Crippen molar-refractivity contribution in [1.29, 1.82) is 0 Å². The Bertz CT molecular complexity index is 806. The van der Waals surface area contributed by atoms with Crippen LogP contribution in [0.25, 0.3) is 0 Å². The van der Waals surface area contributed by atoms with Crippen LogP contribution >= 0.6 is 0 Å². The molecular weight excluding hydrogens is 329 g/mol. The predicted molar refractivity (Wildman–Crippen MR) is 90.5 cm³/mol. The van der Waals surface area contributed by atoms with Crippen molar-refractivity contribution in [3.05, 3.63) is 64.0 Å². The highest BCUT2D eigenvalue weighted by molar-refractivity contribution is 6.06. The summed E-state index contributed by atoms with van der Waals surface area (Å²) in [5.74, 6) is -0.993. The van der Waals surface area contributed by atoms with E-state index < -0.39 is 16.6 Å². The van der Waals surface area contributed by atoms with E-state index in [-0.39, 0.29) is 11.3 Å². The first-order chi connectivity index (χ1) is 12.0. The van der Waals surface area contributed by atoms with E-state index in [9.17, 15) is 19.3 Å². The summed E-state index contributed by atoms with van der Waals surface area (Å²) in [6, 6.07) is 9.57. The minimum Gasteiger partial charge on any atom is -0.378 e. The van der Waals surface area contributed by atoms with E-state index in [1.165, 1.54) is 36.4 Å². The molecule has 7 nitrogen and oxygen atoms in total. The molecule has 0 aromatic heterocycles. The summed E-state index contributed by atoms with van der Waals surface area (Å²) in [6.07, 6.45) is 0. The molecule has 1 saturated heterocycles. The summed E-state index contributed by atoms with van der Waals surface area (Å²) in [7, 11) is 0. The van der Waals surface area contributed by atoms with Gasteiger partial charge in [0.05, 0.1) is 29.5 Å². The zero-order valence-corrected chi connectivity index (χ0v) is 13.3. The average molecular weight is 345 g/mol. The van der Waals surface area contributed by atoms with Crippen LogP contribution in [0.4, 0.5) is 21.5 Å². The third-order valence-corrected chi connectivity index (χ3v) is 3.88. The molecular formula is C17H16FN3O4. The number of hydrogen-bond donors (Lipinski definition) is 1. The van der Waals surface area contributed by atoms with Gasteiger partial charge in [0, 0.05) is 30.8 Å². The van der Waals surface area contributed by atoms with Crippen LogP contribution in [0.3, 0.4) is 0 Å². The van der Waals surface area contributed by atoms with Gasteiger partial charge in [0.15, 0.2) is 0 Å². The van der Waals surface area contributed by atoms with E-state index in [4.69, 9.17) is 4.74 Å². The van der Waals surface area contributed by atoms with Gasteiger partial charge in [-0.3, -0.25) is 14.9 Å². The molecule has 0 spiro atoms. The second-order valence-electron chi connectivity index (χ2n) is 5.52. The first-order valence-corrected chi connectivity index (χ1v) is 7.72. The van der Waals surface area contributed by atoms with Crippen LogP contribution in [-0.4, -0.2) is 37.1 Å². The van der Waals surface area contributed by atoms with Crippen molar-refractivity contribution >= 4 is 23.0 Å². The van der Waals surface area contributed by atoms with Crippen molar-refractivity contribution in [3.63, 3.8) is 0 Å². The normalized spacial score (nSPS) is 14.2. The van der Waals surface area contributed by atoms with Gasteiger partial charge in [-0.2, -0.15) is 0 Å². The van der Waals surface area contributed by atoms with Crippen LogP contribution in [0.5, 0.6) is 0 Å². The number of hydrogen-bond acceptors (Lipinski definition) is 5. The second-order valence-corrected chi connectivity index (χ2v) is 5.52. The summed E-state index contributed by atoms with van der Waals surface area (Å²) in [5.41, 5.74) is 1.08. The first kappa shape index (κ1) is 16.8. The third kappa shape index (κ3) is 3.92. The molecule has 0 saturated carbocycles. The highest BCUT2D eigenvalue weighted by Crippen LogP contribution is 2.31. The molecule has 0 atom stereocenters. The average Bonchev–Trinajstić information content (AvgIpc) is 2.62. The molecule has 1 amide bonds.